The number of hydrogen-bond acceptors (Lipinski definition) is 7. The average Bonchev–Trinajstić information content (AvgIpc) is 2.85. The van der Waals surface area contributed by atoms with Crippen molar-refractivity contribution < 1.29 is 25.8 Å². The Balaban J connectivity index is 2.26. The van der Waals surface area contributed by atoms with Gasteiger partial charge in [-0.05, 0) is 22.6 Å². The van der Waals surface area contributed by atoms with Gasteiger partial charge in [0, 0.05) is 12.3 Å². The van der Waals surface area contributed by atoms with Gasteiger partial charge in [0.15, 0.2) is 17.0 Å². The van der Waals surface area contributed by atoms with Crippen molar-refractivity contribution in [3.63, 3.8) is 0 Å². The fraction of sp³-hybridized carbons (Fsp3) is 0.111. The number of halogens is 3. The minimum absolute atomic E-state index is 0.00595. The van der Waals surface area contributed by atoms with Crippen LogP contribution in [0.4, 0.5) is 13.2 Å². The molecule has 0 aliphatic carbocycles. The summed E-state index contributed by atoms with van der Waals surface area (Å²) in [5.74, 6) is -0.558. The van der Waals surface area contributed by atoms with Gasteiger partial charge in [-0.1, -0.05) is 0 Å². The molecule has 3 aromatic heterocycles. The van der Waals surface area contributed by atoms with E-state index in [0.717, 1.165) is 10.6 Å². The van der Waals surface area contributed by atoms with Crippen molar-refractivity contribution in [3.05, 3.63) is 24.4 Å². The van der Waals surface area contributed by atoms with Crippen LogP contribution in [0.1, 0.15) is 0 Å². The Bertz CT molecular complexity index is 937. The van der Waals surface area contributed by atoms with E-state index >= 15 is 0 Å². The van der Waals surface area contributed by atoms with E-state index in [2.05, 4.69) is 24.7 Å². The molecule has 12 heteroatoms. The van der Waals surface area contributed by atoms with E-state index in [1.165, 1.54) is 18.3 Å². The minimum atomic E-state index is -5.80. The van der Waals surface area contributed by atoms with Gasteiger partial charge in [-0.2, -0.15) is 26.1 Å². The van der Waals surface area contributed by atoms with Gasteiger partial charge >= 0.3 is 15.6 Å². The lowest BCUT2D eigenvalue weighted by atomic mass is 10.2. The van der Waals surface area contributed by atoms with Crippen molar-refractivity contribution in [1.29, 1.82) is 0 Å². The monoisotopic (exact) mass is 319 g/mol. The Morgan fingerprint density at radius 1 is 1.29 bits per heavy atom. The van der Waals surface area contributed by atoms with Crippen molar-refractivity contribution in [2.45, 2.75) is 5.51 Å². The molecule has 8 nitrogen and oxygen atoms in total. The summed E-state index contributed by atoms with van der Waals surface area (Å²) in [5, 5.41) is 10.5. The number of fused-ring (bicyclic) bond motifs is 3. The van der Waals surface area contributed by atoms with Gasteiger partial charge in [0.25, 0.3) is 0 Å². The van der Waals surface area contributed by atoms with Gasteiger partial charge in [0.1, 0.15) is 0 Å². The number of tetrazole rings is 1. The van der Waals surface area contributed by atoms with Crippen LogP contribution in [-0.4, -0.2) is 39.0 Å². The summed E-state index contributed by atoms with van der Waals surface area (Å²) in [6.07, 6.45) is 1.35. The molecule has 0 bridgehead atoms. The first-order chi connectivity index (χ1) is 9.79. The van der Waals surface area contributed by atoms with Gasteiger partial charge in [-0.15, -0.1) is 5.10 Å². The molecule has 0 aromatic carbocycles. The zero-order valence-corrected chi connectivity index (χ0v) is 10.6. The van der Waals surface area contributed by atoms with Crippen LogP contribution in [0.25, 0.3) is 16.7 Å². The molecule has 0 atom stereocenters. The second-order valence-corrected chi connectivity index (χ2v) is 5.35. The molecule has 0 saturated carbocycles. The highest BCUT2D eigenvalue weighted by Gasteiger charge is 2.48. The Kier molecular flexibility index (Phi) is 2.73. The maximum Gasteiger partial charge on any atom is 0.534 e. The maximum atomic E-state index is 12.4. The van der Waals surface area contributed by atoms with Crippen molar-refractivity contribution in [2.75, 3.05) is 0 Å². The van der Waals surface area contributed by atoms with E-state index < -0.39 is 21.4 Å². The summed E-state index contributed by atoms with van der Waals surface area (Å²) in [4.78, 5) is 3.90. The highest BCUT2D eigenvalue weighted by atomic mass is 32.2. The number of pyridine rings is 2. The Morgan fingerprint density at radius 2 is 2.05 bits per heavy atom. The lowest BCUT2D eigenvalue weighted by Gasteiger charge is -2.11. The number of aromatic nitrogens is 5. The molecule has 0 unspecified atom stereocenters. The first-order valence-corrected chi connectivity index (χ1v) is 6.67. The van der Waals surface area contributed by atoms with Crippen LogP contribution >= 0.6 is 0 Å². The molecule has 0 aliphatic heterocycles. The van der Waals surface area contributed by atoms with E-state index in [0.29, 0.717) is 0 Å². The molecule has 110 valence electrons. The van der Waals surface area contributed by atoms with Crippen molar-refractivity contribution in [3.8, 4) is 5.75 Å². The van der Waals surface area contributed by atoms with Gasteiger partial charge in [0.05, 0.1) is 5.39 Å². The summed E-state index contributed by atoms with van der Waals surface area (Å²) in [7, 11) is -5.80. The van der Waals surface area contributed by atoms with Gasteiger partial charge in [-0.25, -0.2) is 4.98 Å². The van der Waals surface area contributed by atoms with E-state index in [9.17, 15) is 21.6 Å². The quantitative estimate of drug-likeness (QED) is 0.511. The Hall–Kier alpha value is -2.50. The zero-order valence-electron chi connectivity index (χ0n) is 9.81. The molecule has 0 N–H and O–H groups in total. The number of alkyl halides is 3. The molecule has 3 aromatic rings. The molecule has 0 fully saturated rings. The zero-order chi connectivity index (χ0) is 15.3. The highest BCUT2D eigenvalue weighted by Crippen LogP contribution is 2.31. The second-order valence-electron chi connectivity index (χ2n) is 3.82. The number of nitrogens with zero attached hydrogens (tertiary/aromatic N) is 5. The van der Waals surface area contributed by atoms with E-state index in [4.69, 9.17) is 0 Å². The summed E-state index contributed by atoms with van der Waals surface area (Å²) in [6, 6.07) is 3.73. The van der Waals surface area contributed by atoms with Gasteiger partial charge < -0.3 is 4.18 Å². The lowest BCUT2D eigenvalue weighted by Crippen LogP contribution is -2.28. The molecule has 0 amide bonds. The first-order valence-electron chi connectivity index (χ1n) is 5.26. The van der Waals surface area contributed by atoms with E-state index in [1.807, 2.05) is 0 Å². The largest absolute Gasteiger partial charge is 0.534 e. The third kappa shape index (κ3) is 2.12. The molecule has 0 spiro atoms. The Labute approximate surface area is 114 Å². The normalized spacial score (nSPS) is 12.9. The number of hydrogen-bond donors (Lipinski definition) is 0. The minimum Gasteiger partial charge on any atom is -0.375 e. The topological polar surface area (TPSA) is 99.3 Å². The molecule has 0 aliphatic rings. The van der Waals surface area contributed by atoms with E-state index in [1.54, 1.807) is 0 Å². The molecule has 3 rings (SSSR count). The lowest BCUT2D eigenvalue weighted by molar-refractivity contribution is -0.0499. The predicted molar refractivity (Wildman–Crippen MR) is 61.7 cm³/mol. The first kappa shape index (κ1) is 13.5. The summed E-state index contributed by atoms with van der Waals surface area (Å²) < 4.78 is 64.7. The van der Waals surface area contributed by atoms with Gasteiger partial charge in [-0.3, -0.25) is 0 Å². The van der Waals surface area contributed by atoms with Crippen LogP contribution in [0.2, 0.25) is 0 Å². The Morgan fingerprint density at radius 3 is 2.76 bits per heavy atom. The average molecular weight is 319 g/mol. The van der Waals surface area contributed by atoms with Gasteiger partial charge in [0.2, 0.25) is 0 Å². The smallest absolute Gasteiger partial charge is 0.375 e. The summed E-state index contributed by atoms with van der Waals surface area (Å²) in [6.45, 7) is 0. The molecule has 0 radical (unpaired) electrons. The highest BCUT2D eigenvalue weighted by molar-refractivity contribution is 7.88. The second kappa shape index (κ2) is 4.25. The fourth-order valence-corrected chi connectivity index (χ4v) is 2.09. The van der Waals surface area contributed by atoms with Crippen LogP contribution in [0.5, 0.6) is 5.75 Å². The van der Waals surface area contributed by atoms with Crippen molar-refractivity contribution >= 4 is 26.8 Å². The number of rotatable bonds is 2. The van der Waals surface area contributed by atoms with Crippen LogP contribution < -0.4 is 4.18 Å². The van der Waals surface area contributed by atoms with Crippen LogP contribution in [0.3, 0.4) is 0 Å². The third-order valence-electron chi connectivity index (χ3n) is 2.49. The predicted octanol–water partition coefficient (Wildman–Crippen LogP) is 0.901. The standard InChI is InChI=1S/C9H4F3N5O3S/c10-9(11,12)21(18,19)20-6-4-7-14-15-16-17(7)8-5(6)2-1-3-13-8/h1-4H. The molecule has 3 heterocycles. The third-order valence-corrected chi connectivity index (χ3v) is 3.46. The molecular formula is C9H4F3N5O3S. The van der Waals surface area contributed by atoms with Crippen molar-refractivity contribution in [2.24, 2.45) is 0 Å². The molecule has 21 heavy (non-hydrogen) atoms. The fourth-order valence-electron chi connectivity index (χ4n) is 1.62. The summed E-state index contributed by atoms with van der Waals surface area (Å²) >= 11 is 0. The molecular weight excluding hydrogens is 315 g/mol. The van der Waals surface area contributed by atoms with Crippen LogP contribution in [-0.2, 0) is 10.1 Å². The van der Waals surface area contributed by atoms with Crippen molar-refractivity contribution in [1.82, 2.24) is 25.0 Å². The summed E-state index contributed by atoms with van der Waals surface area (Å²) in [5.41, 5.74) is -5.49. The molecule has 0 saturated heterocycles. The maximum absolute atomic E-state index is 12.4. The van der Waals surface area contributed by atoms with Crippen LogP contribution in [0.15, 0.2) is 24.4 Å². The van der Waals surface area contributed by atoms with Crippen LogP contribution in [0, 0.1) is 0 Å². The van der Waals surface area contributed by atoms with E-state index in [-0.39, 0.29) is 16.7 Å². The SMILES string of the molecule is O=S(=O)(Oc1cc2nnnn2c2ncccc12)C(F)(F)F.